The van der Waals surface area contributed by atoms with Gasteiger partial charge in [0.05, 0.1) is 18.1 Å². The maximum absolute atomic E-state index is 12.4. The second-order valence-corrected chi connectivity index (χ2v) is 6.50. The summed E-state index contributed by atoms with van der Waals surface area (Å²) in [5.41, 5.74) is 1.30. The van der Waals surface area contributed by atoms with Crippen molar-refractivity contribution in [1.29, 1.82) is 0 Å². The molecular formula is C22H19N3O3. The minimum Gasteiger partial charge on any atom is -0.461 e. The number of rotatable bonds is 5. The number of amides is 1. The highest BCUT2D eigenvalue weighted by Crippen LogP contribution is 2.22. The Balaban J connectivity index is 1.39. The molecule has 6 nitrogen and oxygen atoms in total. The molecule has 0 aliphatic rings. The lowest BCUT2D eigenvalue weighted by molar-refractivity contribution is 0.0952. The third kappa shape index (κ3) is 3.57. The van der Waals surface area contributed by atoms with Crippen LogP contribution in [0, 0.1) is 6.92 Å². The second kappa shape index (κ2) is 7.52. The number of benzene rings is 2. The Labute approximate surface area is 161 Å². The molecule has 0 unspecified atom stereocenters. The fraction of sp³-hybridized carbons (Fsp3) is 0.136. The van der Waals surface area contributed by atoms with Gasteiger partial charge in [0.25, 0.3) is 11.5 Å². The average Bonchev–Trinajstić information content (AvgIpc) is 3.16. The first-order valence-electron chi connectivity index (χ1n) is 9.02. The van der Waals surface area contributed by atoms with Gasteiger partial charge in [0.1, 0.15) is 11.5 Å². The van der Waals surface area contributed by atoms with E-state index in [-0.39, 0.29) is 11.5 Å². The molecule has 28 heavy (non-hydrogen) atoms. The van der Waals surface area contributed by atoms with Crippen LogP contribution in [0.2, 0.25) is 0 Å². The summed E-state index contributed by atoms with van der Waals surface area (Å²) in [6, 6.07) is 18.3. The van der Waals surface area contributed by atoms with Crippen molar-refractivity contribution in [2.24, 2.45) is 0 Å². The van der Waals surface area contributed by atoms with E-state index in [1.54, 1.807) is 24.4 Å². The predicted octanol–water partition coefficient (Wildman–Crippen LogP) is 3.39. The molecule has 2 aromatic heterocycles. The quantitative estimate of drug-likeness (QED) is 0.582. The van der Waals surface area contributed by atoms with Crippen LogP contribution in [0.1, 0.15) is 16.1 Å². The molecule has 0 aliphatic carbocycles. The van der Waals surface area contributed by atoms with Gasteiger partial charge in [0.2, 0.25) is 0 Å². The van der Waals surface area contributed by atoms with Crippen LogP contribution in [-0.4, -0.2) is 22.2 Å². The van der Waals surface area contributed by atoms with Crippen LogP contribution >= 0.6 is 0 Å². The highest BCUT2D eigenvalue weighted by molar-refractivity contribution is 5.94. The molecule has 140 valence electrons. The van der Waals surface area contributed by atoms with Crippen molar-refractivity contribution in [3.05, 3.63) is 88.5 Å². The molecule has 4 rings (SSSR count). The molecule has 1 N–H and O–H groups in total. The lowest BCUT2D eigenvalue weighted by Crippen LogP contribution is -2.32. The van der Waals surface area contributed by atoms with Crippen LogP contribution in [0.25, 0.3) is 22.1 Å². The van der Waals surface area contributed by atoms with Crippen molar-refractivity contribution in [3.8, 4) is 11.3 Å². The number of furan rings is 1. The van der Waals surface area contributed by atoms with E-state index < -0.39 is 0 Å². The van der Waals surface area contributed by atoms with E-state index in [1.165, 1.54) is 4.68 Å². The molecule has 2 heterocycles. The zero-order chi connectivity index (χ0) is 19.5. The van der Waals surface area contributed by atoms with E-state index >= 15 is 0 Å². The first kappa shape index (κ1) is 17.7. The maximum atomic E-state index is 12.4. The Bertz CT molecular complexity index is 1190. The molecule has 4 aromatic rings. The van der Waals surface area contributed by atoms with Gasteiger partial charge in [0.15, 0.2) is 0 Å². The molecule has 0 saturated carbocycles. The van der Waals surface area contributed by atoms with Gasteiger partial charge in [-0.15, -0.1) is 0 Å². The maximum Gasteiger partial charge on any atom is 0.274 e. The zero-order valence-corrected chi connectivity index (χ0v) is 15.4. The standard InChI is InChI=1S/C22H19N3O3/c1-15-6-11-20(28-15)16-7-9-17(10-8-16)21(26)23-12-13-25-22(27)19-5-3-2-4-18(19)14-24-25/h2-11,14H,12-13H2,1H3,(H,23,26). The highest BCUT2D eigenvalue weighted by Gasteiger charge is 2.08. The lowest BCUT2D eigenvalue weighted by atomic mass is 10.1. The molecule has 0 saturated heterocycles. The van der Waals surface area contributed by atoms with Gasteiger partial charge >= 0.3 is 0 Å². The molecule has 0 bridgehead atoms. The van der Waals surface area contributed by atoms with Crippen molar-refractivity contribution >= 4 is 16.7 Å². The monoisotopic (exact) mass is 373 g/mol. The Morgan fingerprint density at radius 1 is 1.07 bits per heavy atom. The number of aromatic nitrogens is 2. The number of nitrogens with one attached hydrogen (secondary N) is 1. The van der Waals surface area contributed by atoms with Gasteiger partial charge in [-0.05, 0) is 37.3 Å². The molecule has 6 heteroatoms. The average molecular weight is 373 g/mol. The van der Waals surface area contributed by atoms with Crippen molar-refractivity contribution in [3.63, 3.8) is 0 Å². The zero-order valence-electron chi connectivity index (χ0n) is 15.4. The molecule has 0 spiro atoms. The first-order valence-corrected chi connectivity index (χ1v) is 9.02. The van der Waals surface area contributed by atoms with Crippen LogP contribution in [0.15, 0.2) is 76.1 Å². The smallest absolute Gasteiger partial charge is 0.274 e. The molecular weight excluding hydrogens is 354 g/mol. The minimum absolute atomic E-state index is 0.162. The third-order valence-corrected chi connectivity index (χ3v) is 4.54. The highest BCUT2D eigenvalue weighted by atomic mass is 16.3. The molecule has 0 atom stereocenters. The Hall–Kier alpha value is -3.67. The fourth-order valence-electron chi connectivity index (χ4n) is 3.04. The molecule has 0 fully saturated rings. The van der Waals surface area contributed by atoms with Crippen LogP contribution in [0.3, 0.4) is 0 Å². The number of hydrogen-bond donors (Lipinski definition) is 1. The largest absolute Gasteiger partial charge is 0.461 e. The molecule has 2 aromatic carbocycles. The van der Waals surface area contributed by atoms with Gasteiger partial charge in [-0.3, -0.25) is 9.59 Å². The van der Waals surface area contributed by atoms with Gasteiger partial charge < -0.3 is 9.73 Å². The topological polar surface area (TPSA) is 77.1 Å². The number of aryl methyl sites for hydroxylation is 1. The lowest BCUT2D eigenvalue weighted by Gasteiger charge is -2.08. The van der Waals surface area contributed by atoms with E-state index in [4.69, 9.17) is 4.42 Å². The van der Waals surface area contributed by atoms with Crippen LogP contribution in [0.4, 0.5) is 0 Å². The van der Waals surface area contributed by atoms with Gasteiger partial charge in [-0.25, -0.2) is 4.68 Å². The number of nitrogens with zero attached hydrogens (tertiary/aromatic N) is 2. The minimum atomic E-state index is -0.198. The van der Waals surface area contributed by atoms with Crippen molar-refractivity contribution in [2.45, 2.75) is 13.5 Å². The van der Waals surface area contributed by atoms with Crippen LogP contribution in [-0.2, 0) is 6.54 Å². The fourth-order valence-corrected chi connectivity index (χ4v) is 3.04. The van der Waals surface area contributed by atoms with Crippen molar-refractivity contribution < 1.29 is 9.21 Å². The van der Waals surface area contributed by atoms with E-state index in [1.807, 2.05) is 49.4 Å². The summed E-state index contributed by atoms with van der Waals surface area (Å²) in [6.07, 6.45) is 1.66. The summed E-state index contributed by atoms with van der Waals surface area (Å²) in [5, 5.41) is 8.41. The summed E-state index contributed by atoms with van der Waals surface area (Å²) in [6.45, 7) is 2.50. The molecule has 0 radical (unpaired) electrons. The van der Waals surface area contributed by atoms with E-state index in [9.17, 15) is 9.59 Å². The third-order valence-electron chi connectivity index (χ3n) is 4.54. The molecule has 0 aliphatic heterocycles. The summed E-state index contributed by atoms with van der Waals surface area (Å²) in [7, 11) is 0. The SMILES string of the molecule is Cc1ccc(-c2ccc(C(=O)NCCn3ncc4ccccc4c3=O)cc2)o1. The Kier molecular flexibility index (Phi) is 4.76. The van der Waals surface area contributed by atoms with E-state index in [2.05, 4.69) is 10.4 Å². The van der Waals surface area contributed by atoms with Gasteiger partial charge in [-0.1, -0.05) is 30.3 Å². The normalized spacial score (nSPS) is 10.9. The van der Waals surface area contributed by atoms with E-state index in [0.717, 1.165) is 22.5 Å². The second-order valence-electron chi connectivity index (χ2n) is 6.50. The first-order chi connectivity index (χ1) is 13.6. The van der Waals surface area contributed by atoms with Crippen LogP contribution in [0.5, 0.6) is 0 Å². The van der Waals surface area contributed by atoms with Crippen LogP contribution < -0.4 is 10.9 Å². The summed E-state index contributed by atoms with van der Waals surface area (Å²) in [4.78, 5) is 24.8. The number of hydrogen-bond acceptors (Lipinski definition) is 4. The van der Waals surface area contributed by atoms with Crippen molar-refractivity contribution in [2.75, 3.05) is 6.54 Å². The summed E-state index contributed by atoms with van der Waals surface area (Å²) in [5.74, 6) is 1.41. The molecule has 1 amide bonds. The Morgan fingerprint density at radius 3 is 2.61 bits per heavy atom. The van der Waals surface area contributed by atoms with Gasteiger partial charge in [-0.2, -0.15) is 5.10 Å². The number of carbonyl (C=O) groups excluding carboxylic acids is 1. The summed E-state index contributed by atoms with van der Waals surface area (Å²) < 4.78 is 6.95. The predicted molar refractivity (Wildman–Crippen MR) is 107 cm³/mol. The summed E-state index contributed by atoms with van der Waals surface area (Å²) >= 11 is 0. The van der Waals surface area contributed by atoms with Crippen molar-refractivity contribution in [1.82, 2.24) is 15.1 Å². The number of carbonyl (C=O) groups is 1. The Morgan fingerprint density at radius 2 is 1.86 bits per heavy atom. The van der Waals surface area contributed by atoms with Gasteiger partial charge in [0, 0.05) is 23.1 Å². The number of fused-ring (bicyclic) bond motifs is 1. The van der Waals surface area contributed by atoms with E-state index in [0.29, 0.717) is 24.0 Å².